The zero-order chi connectivity index (χ0) is 19.5. The lowest BCUT2D eigenvalue weighted by Crippen LogP contribution is -2.42. The van der Waals surface area contributed by atoms with Gasteiger partial charge in [0.05, 0.1) is 13.2 Å². The van der Waals surface area contributed by atoms with Gasteiger partial charge in [-0.15, -0.1) is 0 Å². The average molecular weight is 378 g/mol. The molecule has 3 aromatic rings. The number of carbonyl (C=O) groups excluding carboxylic acids is 2. The van der Waals surface area contributed by atoms with Crippen molar-refractivity contribution >= 4 is 28.4 Å². The van der Waals surface area contributed by atoms with Crippen LogP contribution in [-0.2, 0) is 16.1 Å². The third-order valence-corrected chi connectivity index (χ3v) is 4.93. The molecular formula is C21H22N4O3. The lowest BCUT2D eigenvalue weighted by molar-refractivity contribution is -0.136. The summed E-state index contributed by atoms with van der Waals surface area (Å²) in [7, 11) is 0. The van der Waals surface area contributed by atoms with E-state index in [1.807, 2.05) is 43.3 Å². The molecule has 2 heterocycles. The van der Waals surface area contributed by atoms with E-state index in [4.69, 9.17) is 4.74 Å². The van der Waals surface area contributed by atoms with E-state index in [0.29, 0.717) is 37.7 Å². The van der Waals surface area contributed by atoms with Crippen molar-refractivity contribution in [2.75, 3.05) is 31.6 Å². The minimum atomic E-state index is -0.221. The van der Waals surface area contributed by atoms with E-state index in [9.17, 15) is 9.59 Å². The van der Waals surface area contributed by atoms with Crippen molar-refractivity contribution in [1.29, 1.82) is 0 Å². The van der Waals surface area contributed by atoms with Crippen molar-refractivity contribution in [3.05, 3.63) is 59.8 Å². The highest BCUT2D eigenvalue weighted by atomic mass is 16.5. The van der Waals surface area contributed by atoms with Gasteiger partial charge in [0, 0.05) is 30.9 Å². The van der Waals surface area contributed by atoms with Crippen LogP contribution in [-0.4, -0.2) is 52.8 Å². The molecular weight excluding hydrogens is 356 g/mol. The fraction of sp³-hybridized carbons (Fsp3) is 0.286. The molecule has 0 spiro atoms. The molecule has 2 amide bonds. The summed E-state index contributed by atoms with van der Waals surface area (Å²) < 4.78 is 6.81. The van der Waals surface area contributed by atoms with Crippen LogP contribution in [0.2, 0.25) is 0 Å². The number of rotatable bonds is 4. The van der Waals surface area contributed by atoms with Gasteiger partial charge in [-0.05, 0) is 29.3 Å². The lowest BCUT2D eigenvalue weighted by Gasteiger charge is -2.26. The molecule has 4 rings (SSSR count). The number of aryl methyl sites for hydroxylation is 1. The topological polar surface area (TPSA) is 76.5 Å². The Morgan fingerprint density at radius 2 is 1.82 bits per heavy atom. The smallest absolute Gasteiger partial charge is 0.257 e. The molecule has 1 aromatic heterocycles. The number of hydrogen-bond acceptors (Lipinski definition) is 4. The van der Waals surface area contributed by atoms with Crippen molar-refractivity contribution in [3.63, 3.8) is 0 Å². The average Bonchev–Trinajstić information content (AvgIpc) is 3.15. The first-order valence-electron chi connectivity index (χ1n) is 9.30. The summed E-state index contributed by atoms with van der Waals surface area (Å²) in [5, 5.41) is 9.10. The van der Waals surface area contributed by atoms with Gasteiger partial charge in [0.25, 0.3) is 5.91 Å². The number of fused-ring (bicyclic) bond motifs is 1. The van der Waals surface area contributed by atoms with E-state index >= 15 is 0 Å². The number of benzene rings is 2. The summed E-state index contributed by atoms with van der Waals surface area (Å²) in [6, 6.07) is 13.3. The van der Waals surface area contributed by atoms with Crippen molar-refractivity contribution in [2.24, 2.45) is 0 Å². The van der Waals surface area contributed by atoms with Crippen LogP contribution < -0.4 is 5.32 Å². The second-order valence-corrected chi connectivity index (χ2v) is 6.82. The van der Waals surface area contributed by atoms with Gasteiger partial charge in [-0.25, -0.2) is 0 Å². The van der Waals surface area contributed by atoms with Crippen LogP contribution in [0.3, 0.4) is 0 Å². The molecule has 1 fully saturated rings. The maximum atomic E-state index is 12.8. The molecule has 1 saturated heterocycles. The van der Waals surface area contributed by atoms with Gasteiger partial charge >= 0.3 is 0 Å². The fourth-order valence-corrected chi connectivity index (χ4v) is 3.40. The standard InChI is InChI=1S/C21H22N4O3/c1-15-6-7-18(17-5-3-2-4-16(15)17)21(27)22-19-8-9-25(23-19)14-20(26)24-10-12-28-13-11-24/h2-9H,10-14H2,1H3,(H,22,23,27). The molecule has 28 heavy (non-hydrogen) atoms. The Morgan fingerprint density at radius 1 is 1.07 bits per heavy atom. The third kappa shape index (κ3) is 3.75. The van der Waals surface area contributed by atoms with Gasteiger partial charge in [0.1, 0.15) is 6.54 Å². The molecule has 1 aliphatic rings. The second kappa shape index (κ2) is 7.82. The van der Waals surface area contributed by atoms with Crippen LogP contribution in [0, 0.1) is 6.92 Å². The number of nitrogens with one attached hydrogen (secondary N) is 1. The number of amides is 2. The minimum absolute atomic E-state index is 0.00574. The maximum Gasteiger partial charge on any atom is 0.257 e. The molecule has 1 N–H and O–H groups in total. The van der Waals surface area contributed by atoms with E-state index in [0.717, 1.165) is 16.3 Å². The predicted molar refractivity (Wildman–Crippen MR) is 106 cm³/mol. The van der Waals surface area contributed by atoms with Crippen molar-refractivity contribution < 1.29 is 14.3 Å². The Bertz CT molecular complexity index is 1020. The summed E-state index contributed by atoms with van der Waals surface area (Å²) in [4.78, 5) is 26.9. The van der Waals surface area contributed by atoms with Crippen molar-refractivity contribution in [2.45, 2.75) is 13.5 Å². The van der Waals surface area contributed by atoms with E-state index in [-0.39, 0.29) is 18.4 Å². The van der Waals surface area contributed by atoms with E-state index in [1.165, 1.54) is 0 Å². The molecule has 7 nitrogen and oxygen atoms in total. The predicted octanol–water partition coefficient (Wildman–Crippen LogP) is 2.46. The summed E-state index contributed by atoms with van der Waals surface area (Å²) in [6.45, 7) is 4.50. The molecule has 0 unspecified atom stereocenters. The van der Waals surface area contributed by atoms with Crippen molar-refractivity contribution in [1.82, 2.24) is 14.7 Å². The number of carbonyl (C=O) groups is 2. The van der Waals surface area contributed by atoms with Gasteiger partial charge in [0.2, 0.25) is 5.91 Å². The van der Waals surface area contributed by atoms with E-state index in [2.05, 4.69) is 10.4 Å². The number of hydrogen-bond donors (Lipinski definition) is 1. The maximum absolute atomic E-state index is 12.8. The Hall–Kier alpha value is -3.19. The van der Waals surface area contributed by atoms with Crippen molar-refractivity contribution in [3.8, 4) is 0 Å². The molecule has 7 heteroatoms. The Kier molecular flexibility index (Phi) is 5.08. The summed E-state index contributed by atoms with van der Waals surface area (Å²) in [5.74, 6) is 0.194. The van der Waals surface area contributed by atoms with Crippen LogP contribution in [0.15, 0.2) is 48.7 Å². The summed E-state index contributed by atoms with van der Waals surface area (Å²) in [5.41, 5.74) is 1.72. The highest BCUT2D eigenvalue weighted by Crippen LogP contribution is 2.23. The van der Waals surface area contributed by atoms with Gasteiger partial charge in [-0.3, -0.25) is 14.3 Å². The van der Waals surface area contributed by atoms with Gasteiger partial charge < -0.3 is 15.0 Å². The van der Waals surface area contributed by atoms with E-state index < -0.39 is 0 Å². The van der Waals surface area contributed by atoms with Gasteiger partial charge in [0.15, 0.2) is 5.82 Å². The number of aromatic nitrogens is 2. The number of anilines is 1. The molecule has 1 aliphatic heterocycles. The zero-order valence-electron chi connectivity index (χ0n) is 15.7. The normalized spacial score (nSPS) is 14.2. The Morgan fingerprint density at radius 3 is 2.61 bits per heavy atom. The molecule has 0 aliphatic carbocycles. The van der Waals surface area contributed by atoms with Crippen LogP contribution in [0.25, 0.3) is 10.8 Å². The monoisotopic (exact) mass is 378 g/mol. The largest absolute Gasteiger partial charge is 0.378 e. The molecule has 0 atom stereocenters. The summed E-state index contributed by atoms with van der Waals surface area (Å²) >= 11 is 0. The highest BCUT2D eigenvalue weighted by molar-refractivity contribution is 6.13. The Balaban J connectivity index is 1.46. The minimum Gasteiger partial charge on any atom is -0.378 e. The second-order valence-electron chi connectivity index (χ2n) is 6.82. The van der Waals surface area contributed by atoms with Gasteiger partial charge in [-0.1, -0.05) is 30.3 Å². The first kappa shape index (κ1) is 18.2. The first-order chi connectivity index (χ1) is 13.6. The molecule has 2 aromatic carbocycles. The number of ether oxygens (including phenoxy) is 1. The van der Waals surface area contributed by atoms with Crippen LogP contribution in [0.1, 0.15) is 15.9 Å². The lowest BCUT2D eigenvalue weighted by atomic mass is 10.00. The quantitative estimate of drug-likeness (QED) is 0.757. The van der Waals surface area contributed by atoms with E-state index in [1.54, 1.807) is 21.8 Å². The summed E-state index contributed by atoms with van der Waals surface area (Å²) in [6.07, 6.45) is 1.70. The van der Waals surface area contributed by atoms with Crippen LogP contribution in [0.5, 0.6) is 0 Å². The number of morpholine rings is 1. The SMILES string of the molecule is Cc1ccc(C(=O)Nc2ccn(CC(=O)N3CCOCC3)n2)c2ccccc12. The highest BCUT2D eigenvalue weighted by Gasteiger charge is 2.18. The zero-order valence-corrected chi connectivity index (χ0v) is 15.7. The van der Waals surface area contributed by atoms with Gasteiger partial charge in [-0.2, -0.15) is 5.10 Å². The fourth-order valence-electron chi connectivity index (χ4n) is 3.40. The third-order valence-electron chi connectivity index (χ3n) is 4.93. The molecule has 0 radical (unpaired) electrons. The first-order valence-corrected chi connectivity index (χ1v) is 9.30. The molecule has 0 saturated carbocycles. The van der Waals surface area contributed by atoms with Crippen LogP contribution in [0.4, 0.5) is 5.82 Å². The molecule has 144 valence electrons. The number of nitrogens with zero attached hydrogens (tertiary/aromatic N) is 3. The molecule has 0 bridgehead atoms. The van der Waals surface area contributed by atoms with Crippen LogP contribution >= 0.6 is 0 Å². The Labute approximate surface area is 162 Å².